The van der Waals surface area contributed by atoms with Gasteiger partial charge in [0.1, 0.15) is 5.82 Å². The number of hydrogen-bond donors (Lipinski definition) is 1. The van der Waals surface area contributed by atoms with E-state index < -0.39 is 0 Å². The Bertz CT molecular complexity index is 554. The van der Waals surface area contributed by atoms with Gasteiger partial charge in [-0.2, -0.15) is 0 Å². The number of pyridine rings is 1. The zero-order valence-electron chi connectivity index (χ0n) is 11.3. The van der Waals surface area contributed by atoms with E-state index in [1.165, 1.54) is 12.1 Å². The van der Waals surface area contributed by atoms with Gasteiger partial charge in [-0.3, -0.25) is 9.78 Å². The van der Waals surface area contributed by atoms with Crippen LogP contribution in [-0.4, -0.2) is 17.4 Å². The van der Waals surface area contributed by atoms with E-state index in [-0.39, 0.29) is 17.6 Å². The molecular formula is C16H17FN2O. The molecular weight excluding hydrogens is 255 g/mol. The van der Waals surface area contributed by atoms with Crippen LogP contribution in [0.1, 0.15) is 30.5 Å². The van der Waals surface area contributed by atoms with Crippen molar-refractivity contribution in [2.24, 2.45) is 0 Å². The zero-order chi connectivity index (χ0) is 14.4. The van der Waals surface area contributed by atoms with Gasteiger partial charge < -0.3 is 5.32 Å². The Morgan fingerprint density at radius 3 is 2.60 bits per heavy atom. The fourth-order valence-corrected chi connectivity index (χ4v) is 2.01. The van der Waals surface area contributed by atoms with Gasteiger partial charge in [0, 0.05) is 30.8 Å². The highest BCUT2D eigenvalue weighted by Crippen LogP contribution is 2.22. The highest BCUT2D eigenvalue weighted by atomic mass is 19.1. The third kappa shape index (κ3) is 3.63. The third-order valence-corrected chi connectivity index (χ3v) is 3.14. The van der Waals surface area contributed by atoms with E-state index in [4.69, 9.17) is 0 Å². The van der Waals surface area contributed by atoms with Gasteiger partial charge in [0.25, 0.3) is 0 Å². The number of carbonyl (C=O) groups is 1. The van der Waals surface area contributed by atoms with Crippen LogP contribution in [-0.2, 0) is 4.79 Å². The number of rotatable bonds is 5. The molecule has 2 aromatic rings. The van der Waals surface area contributed by atoms with E-state index in [0.717, 1.165) is 11.3 Å². The Hall–Kier alpha value is -2.23. The maximum atomic E-state index is 13.0. The lowest BCUT2D eigenvalue weighted by Crippen LogP contribution is -2.28. The van der Waals surface area contributed by atoms with Gasteiger partial charge in [-0.05, 0) is 29.8 Å². The Morgan fingerprint density at radius 1 is 1.25 bits per heavy atom. The molecule has 0 saturated carbocycles. The van der Waals surface area contributed by atoms with Crippen LogP contribution in [0.15, 0.2) is 48.7 Å². The number of nitrogens with one attached hydrogen (secondary N) is 1. The van der Waals surface area contributed by atoms with E-state index in [0.29, 0.717) is 13.0 Å². The monoisotopic (exact) mass is 272 g/mol. The highest BCUT2D eigenvalue weighted by Gasteiger charge is 2.16. The summed E-state index contributed by atoms with van der Waals surface area (Å²) in [7, 11) is 0. The van der Waals surface area contributed by atoms with Gasteiger partial charge in [0.2, 0.25) is 5.91 Å². The fourth-order valence-electron chi connectivity index (χ4n) is 2.01. The minimum Gasteiger partial charge on any atom is -0.355 e. The number of halogens is 1. The van der Waals surface area contributed by atoms with Gasteiger partial charge in [0.05, 0.1) is 0 Å². The van der Waals surface area contributed by atoms with Crippen molar-refractivity contribution in [2.45, 2.75) is 19.3 Å². The summed E-state index contributed by atoms with van der Waals surface area (Å²) in [6.07, 6.45) is 2.16. The Kier molecular flexibility index (Phi) is 4.82. The molecule has 0 fully saturated rings. The number of carbonyl (C=O) groups excluding carboxylic acids is 1. The molecule has 1 unspecified atom stereocenters. The van der Waals surface area contributed by atoms with E-state index in [1.54, 1.807) is 18.3 Å². The van der Waals surface area contributed by atoms with E-state index >= 15 is 0 Å². The minimum absolute atomic E-state index is 0.00644. The molecule has 1 aromatic heterocycles. The second kappa shape index (κ2) is 6.80. The summed E-state index contributed by atoms with van der Waals surface area (Å²) in [5, 5.41) is 2.87. The van der Waals surface area contributed by atoms with Gasteiger partial charge in [-0.1, -0.05) is 25.1 Å². The van der Waals surface area contributed by atoms with Gasteiger partial charge in [0.15, 0.2) is 0 Å². The van der Waals surface area contributed by atoms with Gasteiger partial charge in [-0.15, -0.1) is 0 Å². The van der Waals surface area contributed by atoms with Crippen molar-refractivity contribution in [2.75, 3.05) is 6.54 Å². The second-order valence-corrected chi connectivity index (χ2v) is 4.52. The topological polar surface area (TPSA) is 42.0 Å². The molecule has 0 spiro atoms. The molecule has 0 aliphatic heterocycles. The molecule has 104 valence electrons. The van der Waals surface area contributed by atoms with Crippen LogP contribution in [0.4, 0.5) is 4.39 Å². The molecule has 1 atom stereocenters. The van der Waals surface area contributed by atoms with Crippen LogP contribution in [0.2, 0.25) is 0 Å². The molecule has 2 rings (SSSR count). The number of aromatic nitrogens is 1. The molecule has 1 amide bonds. The largest absolute Gasteiger partial charge is 0.355 e. The first-order chi connectivity index (χ1) is 9.70. The summed E-state index contributed by atoms with van der Waals surface area (Å²) < 4.78 is 13.0. The summed E-state index contributed by atoms with van der Waals surface area (Å²) >= 11 is 0. The molecule has 1 N–H and O–H groups in total. The van der Waals surface area contributed by atoms with Crippen LogP contribution >= 0.6 is 0 Å². The Morgan fingerprint density at radius 2 is 2.00 bits per heavy atom. The molecule has 3 nitrogen and oxygen atoms in total. The van der Waals surface area contributed by atoms with Crippen molar-refractivity contribution in [3.63, 3.8) is 0 Å². The lowest BCUT2D eigenvalue weighted by Gasteiger charge is -2.17. The fraction of sp³-hybridized carbons (Fsp3) is 0.250. The van der Waals surface area contributed by atoms with Crippen molar-refractivity contribution in [1.82, 2.24) is 10.3 Å². The molecule has 1 heterocycles. The van der Waals surface area contributed by atoms with Crippen molar-refractivity contribution in [3.05, 3.63) is 65.7 Å². The van der Waals surface area contributed by atoms with Crippen LogP contribution < -0.4 is 5.32 Å². The molecule has 4 heteroatoms. The standard InChI is InChI=1S/C16H17FN2O/c1-2-16(20)19-11-14(15-5-3-4-10-18-15)12-6-8-13(17)9-7-12/h3-10,14H,2,11H2,1H3,(H,19,20). The van der Waals surface area contributed by atoms with Crippen molar-refractivity contribution in [3.8, 4) is 0 Å². The molecule has 1 aromatic carbocycles. The average Bonchev–Trinajstić information content (AvgIpc) is 2.50. The van der Waals surface area contributed by atoms with Crippen LogP contribution in [0.3, 0.4) is 0 Å². The van der Waals surface area contributed by atoms with E-state index in [1.807, 2.05) is 25.1 Å². The summed E-state index contributed by atoms with van der Waals surface area (Å²) in [5.74, 6) is -0.355. The van der Waals surface area contributed by atoms with Crippen LogP contribution in [0.5, 0.6) is 0 Å². The number of nitrogens with zero attached hydrogens (tertiary/aromatic N) is 1. The van der Waals surface area contributed by atoms with Gasteiger partial charge in [-0.25, -0.2) is 4.39 Å². The van der Waals surface area contributed by atoms with Crippen LogP contribution in [0.25, 0.3) is 0 Å². The first-order valence-electron chi connectivity index (χ1n) is 6.63. The van der Waals surface area contributed by atoms with Crippen molar-refractivity contribution in [1.29, 1.82) is 0 Å². The van der Waals surface area contributed by atoms with Crippen molar-refractivity contribution < 1.29 is 9.18 Å². The highest BCUT2D eigenvalue weighted by molar-refractivity contribution is 5.75. The molecule has 0 aliphatic carbocycles. The second-order valence-electron chi connectivity index (χ2n) is 4.52. The summed E-state index contributed by atoms with van der Waals surface area (Å²) in [6.45, 7) is 2.26. The quantitative estimate of drug-likeness (QED) is 0.909. The van der Waals surface area contributed by atoms with E-state index in [2.05, 4.69) is 10.3 Å². The summed E-state index contributed by atoms with van der Waals surface area (Å²) in [4.78, 5) is 15.8. The molecule has 0 aliphatic rings. The van der Waals surface area contributed by atoms with Crippen LogP contribution in [0, 0.1) is 5.82 Å². The number of benzene rings is 1. The predicted octanol–water partition coefficient (Wildman–Crippen LogP) is 2.88. The number of amides is 1. The minimum atomic E-state index is -0.272. The lowest BCUT2D eigenvalue weighted by atomic mass is 9.95. The summed E-state index contributed by atoms with van der Waals surface area (Å²) in [5.41, 5.74) is 1.79. The average molecular weight is 272 g/mol. The number of hydrogen-bond acceptors (Lipinski definition) is 2. The summed E-state index contributed by atoms with van der Waals surface area (Å²) in [6, 6.07) is 12.0. The van der Waals surface area contributed by atoms with Crippen molar-refractivity contribution >= 4 is 5.91 Å². The lowest BCUT2D eigenvalue weighted by molar-refractivity contribution is -0.120. The molecule has 0 saturated heterocycles. The van der Waals surface area contributed by atoms with Gasteiger partial charge >= 0.3 is 0 Å². The SMILES string of the molecule is CCC(=O)NCC(c1ccc(F)cc1)c1ccccn1. The Labute approximate surface area is 117 Å². The zero-order valence-corrected chi connectivity index (χ0v) is 11.3. The Balaban J connectivity index is 2.24. The third-order valence-electron chi connectivity index (χ3n) is 3.14. The first-order valence-corrected chi connectivity index (χ1v) is 6.63. The molecule has 20 heavy (non-hydrogen) atoms. The predicted molar refractivity (Wildman–Crippen MR) is 75.8 cm³/mol. The van der Waals surface area contributed by atoms with E-state index in [9.17, 15) is 9.18 Å². The normalized spacial score (nSPS) is 11.9. The molecule has 0 radical (unpaired) electrons. The smallest absolute Gasteiger partial charge is 0.219 e. The maximum absolute atomic E-state index is 13.0. The molecule has 0 bridgehead atoms. The maximum Gasteiger partial charge on any atom is 0.219 e. The first kappa shape index (κ1) is 14.2.